The highest BCUT2D eigenvalue weighted by Crippen LogP contribution is 2.23. The zero-order valence-electron chi connectivity index (χ0n) is 13.1. The van der Waals surface area contributed by atoms with E-state index in [1.54, 1.807) is 4.88 Å². The van der Waals surface area contributed by atoms with E-state index in [0.29, 0.717) is 0 Å². The Morgan fingerprint density at radius 2 is 1.57 bits per heavy atom. The number of rotatable bonds is 6. The Labute approximate surface area is 144 Å². The predicted octanol–water partition coefficient (Wildman–Crippen LogP) is 7.59. The van der Waals surface area contributed by atoms with Gasteiger partial charge in [-0.2, -0.15) is 0 Å². The third kappa shape index (κ3) is 9.38. The van der Waals surface area contributed by atoms with Crippen LogP contribution in [0.5, 0.6) is 0 Å². The van der Waals surface area contributed by atoms with Gasteiger partial charge in [-0.1, -0.05) is 33.6 Å². The maximum Gasteiger partial charge on any atom is 0.0598 e. The minimum Gasteiger partial charge on any atom is -0.146 e. The van der Waals surface area contributed by atoms with Crippen LogP contribution < -0.4 is 0 Å². The topological polar surface area (TPSA) is 0 Å². The number of thiophene rings is 2. The van der Waals surface area contributed by atoms with Gasteiger partial charge in [-0.3, -0.25) is 0 Å². The van der Waals surface area contributed by atoms with Gasteiger partial charge in [-0.15, -0.1) is 34.4 Å². The van der Waals surface area contributed by atoms with E-state index in [2.05, 4.69) is 51.3 Å². The van der Waals surface area contributed by atoms with Crippen LogP contribution in [0.4, 0.5) is 0 Å². The fraction of sp³-hybridized carbons (Fsp3) is 0.556. The molecule has 0 fully saturated rings. The van der Waals surface area contributed by atoms with E-state index < -0.39 is 0 Å². The van der Waals surface area contributed by atoms with Crippen molar-refractivity contribution in [3.8, 4) is 0 Å². The summed E-state index contributed by atoms with van der Waals surface area (Å²) in [5.41, 5.74) is 0. The Balaban J connectivity index is 0.000000390. The van der Waals surface area contributed by atoms with Crippen molar-refractivity contribution in [1.82, 2.24) is 0 Å². The van der Waals surface area contributed by atoms with Crippen LogP contribution >= 0.6 is 34.4 Å². The van der Waals surface area contributed by atoms with Crippen LogP contribution in [0.2, 0.25) is 0 Å². The molecule has 0 bridgehead atoms. The van der Waals surface area contributed by atoms with E-state index >= 15 is 0 Å². The van der Waals surface area contributed by atoms with Crippen LogP contribution in [0.1, 0.15) is 54.7 Å². The van der Waals surface area contributed by atoms with Gasteiger partial charge in [0.05, 0.1) is 4.21 Å². The normalized spacial score (nSPS) is 9.71. The molecule has 0 nitrogen and oxygen atoms in total. The summed E-state index contributed by atoms with van der Waals surface area (Å²) in [6.07, 6.45) is 8.89. The molecular weight excluding hydrogens is 312 g/mol. The molecule has 2 aromatic heterocycles. The lowest BCUT2D eigenvalue weighted by molar-refractivity contribution is 0.670. The fourth-order valence-electron chi connectivity index (χ4n) is 1.87. The fourth-order valence-corrected chi connectivity index (χ4v) is 4.32. The zero-order chi connectivity index (χ0) is 14.8. The SMILES string of the molecule is C.CCCCCCc1ccc(C)s1.CSc1ccc(C)s1. The van der Waals surface area contributed by atoms with Crippen molar-refractivity contribution in [2.24, 2.45) is 0 Å². The van der Waals surface area contributed by atoms with E-state index in [0.717, 1.165) is 0 Å². The van der Waals surface area contributed by atoms with Crippen LogP contribution in [0.15, 0.2) is 28.5 Å². The third-order valence-electron chi connectivity index (χ3n) is 2.99. The van der Waals surface area contributed by atoms with E-state index in [1.807, 2.05) is 34.4 Å². The average Bonchev–Trinajstić information content (AvgIpc) is 3.04. The maximum atomic E-state index is 2.27. The molecule has 0 unspecified atom stereocenters. The molecule has 0 aliphatic rings. The Bertz CT molecular complexity index is 468. The van der Waals surface area contributed by atoms with E-state index in [-0.39, 0.29) is 7.43 Å². The van der Waals surface area contributed by atoms with Gasteiger partial charge in [-0.05, 0) is 57.2 Å². The second-order valence-corrected chi connectivity index (χ2v) is 8.66. The van der Waals surface area contributed by atoms with Crippen molar-refractivity contribution in [3.05, 3.63) is 38.9 Å². The Hall–Kier alpha value is -0.250. The summed E-state index contributed by atoms with van der Waals surface area (Å²) in [5, 5.41) is 0. The first-order valence-electron chi connectivity index (χ1n) is 7.31. The Morgan fingerprint density at radius 3 is 2.00 bits per heavy atom. The molecule has 0 radical (unpaired) electrons. The Kier molecular flexibility index (Phi) is 12.2. The predicted molar refractivity (Wildman–Crippen MR) is 104 cm³/mol. The molecule has 0 aliphatic carbocycles. The maximum absolute atomic E-state index is 2.27. The summed E-state index contributed by atoms with van der Waals surface area (Å²) in [6, 6.07) is 8.80. The lowest BCUT2D eigenvalue weighted by Crippen LogP contribution is -1.80. The highest BCUT2D eigenvalue weighted by atomic mass is 32.2. The molecular formula is C18H30S3. The summed E-state index contributed by atoms with van der Waals surface area (Å²) in [5.74, 6) is 0. The molecule has 0 saturated heterocycles. The van der Waals surface area contributed by atoms with Crippen molar-refractivity contribution in [1.29, 1.82) is 0 Å². The molecule has 3 heteroatoms. The first kappa shape index (κ1) is 20.8. The number of unbranched alkanes of at least 4 members (excludes halogenated alkanes) is 3. The van der Waals surface area contributed by atoms with Crippen LogP contribution in [-0.4, -0.2) is 6.26 Å². The molecule has 0 N–H and O–H groups in total. The molecule has 0 aromatic carbocycles. The molecule has 21 heavy (non-hydrogen) atoms. The van der Waals surface area contributed by atoms with Gasteiger partial charge in [0.15, 0.2) is 0 Å². The summed E-state index contributed by atoms with van der Waals surface area (Å²) >= 11 is 5.60. The molecule has 0 atom stereocenters. The molecule has 0 aliphatic heterocycles. The van der Waals surface area contributed by atoms with Gasteiger partial charge in [-0.25, -0.2) is 0 Å². The number of thioether (sulfide) groups is 1. The summed E-state index contributed by atoms with van der Waals surface area (Å²) < 4.78 is 1.41. The van der Waals surface area contributed by atoms with Crippen molar-refractivity contribution in [2.75, 3.05) is 6.26 Å². The van der Waals surface area contributed by atoms with Gasteiger partial charge in [0.1, 0.15) is 0 Å². The van der Waals surface area contributed by atoms with Crippen LogP contribution in [-0.2, 0) is 6.42 Å². The molecule has 0 amide bonds. The first-order valence-corrected chi connectivity index (χ1v) is 10.2. The van der Waals surface area contributed by atoms with Crippen LogP contribution in [0.3, 0.4) is 0 Å². The molecule has 0 saturated carbocycles. The van der Waals surface area contributed by atoms with Gasteiger partial charge in [0.25, 0.3) is 0 Å². The zero-order valence-corrected chi connectivity index (χ0v) is 15.5. The van der Waals surface area contributed by atoms with E-state index in [4.69, 9.17) is 0 Å². The van der Waals surface area contributed by atoms with Crippen LogP contribution in [0, 0.1) is 13.8 Å². The standard InChI is InChI=1S/C11H18S.C6H8S2.CH4/c1-3-4-5-6-7-11-9-8-10(2)12-11;1-5-3-4-6(7-2)8-5;/h8-9H,3-7H2,1-2H3;3-4H,1-2H3;1H4. The summed E-state index contributed by atoms with van der Waals surface area (Å²) in [6.45, 7) is 6.57. The summed E-state index contributed by atoms with van der Waals surface area (Å²) in [4.78, 5) is 4.40. The number of aryl methyl sites for hydroxylation is 3. The molecule has 120 valence electrons. The molecule has 2 heterocycles. The smallest absolute Gasteiger partial charge is 0.0598 e. The molecule has 2 rings (SSSR count). The molecule has 2 aromatic rings. The summed E-state index contributed by atoms with van der Waals surface area (Å²) in [7, 11) is 0. The van der Waals surface area contributed by atoms with E-state index in [1.165, 1.54) is 46.1 Å². The highest BCUT2D eigenvalue weighted by molar-refractivity contribution is 8.00. The van der Waals surface area contributed by atoms with Gasteiger partial charge >= 0.3 is 0 Å². The largest absolute Gasteiger partial charge is 0.146 e. The Morgan fingerprint density at radius 1 is 0.905 bits per heavy atom. The molecule has 0 spiro atoms. The van der Waals surface area contributed by atoms with Crippen molar-refractivity contribution < 1.29 is 0 Å². The second-order valence-electron chi connectivity index (χ2n) is 4.89. The number of hydrogen-bond acceptors (Lipinski definition) is 3. The number of hydrogen-bond donors (Lipinski definition) is 0. The monoisotopic (exact) mass is 342 g/mol. The lowest BCUT2D eigenvalue weighted by atomic mass is 10.1. The van der Waals surface area contributed by atoms with Crippen molar-refractivity contribution in [3.63, 3.8) is 0 Å². The lowest BCUT2D eigenvalue weighted by Gasteiger charge is -1.96. The minimum absolute atomic E-state index is 0. The highest BCUT2D eigenvalue weighted by Gasteiger charge is 1.95. The van der Waals surface area contributed by atoms with Crippen molar-refractivity contribution in [2.45, 2.75) is 64.5 Å². The minimum atomic E-state index is 0. The van der Waals surface area contributed by atoms with Crippen molar-refractivity contribution >= 4 is 34.4 Å². The van der Waals surface area contributed by atoms with Gasteiger partial charge in [0, 0.05) is 14.6 Å². The quantitative estimate of drug-likeness (QED) is 0.385. The van der Waals surface area contributed by atoms with Crippen LogP contribution in [0.25, 0.3) is 0 Å². The average molecular weight is 343 g/mol. The second kappa shape index (κ2) is 12.3. The van der Waals surface area contributed by atoms with E-state index in [9.17, 15) is 0 Å². The van der Waals surface area contributed by atoms with Gasteiger partial charge < -0.3 is 0 Å². The first-order chi connectivity index (χ1) is 9.65. The third-order valence-corrected chi connectivity index (χ3v) is 6.13. The van der Waals surface area contributed by atoms with Gasteiger partial charge in [0.2, 0.25) is 0 Å².